The van der Waals surface area contributed by atoms with Gasteiger partial charge in [0.25, 0.3) is 5.91 Å². The van der Waals surface area contributed by atoms with Crippen LogP contribution in [0.2, 0.25) is 0 Å². The summed E-state index contributed by atoms with van der Waals surface area (Å²) in [6.07, 6.45) is 0. The van der Waals surface area contributed by atoms with Crippen molar-refractivity contribution in [2.45, 2.75) is 0 Å². The van der Waals surface area contributed by atoms with Gasteiger partial charge in [-0.1, -0.05) is 0 Å². The third-order valence-electron chi connectivity index (χ3n) is 2.46. The highest BCUT2D eigenvalue weighted by Crippen LogP contribution is 2.25. The summed E-state index contributed by atoms with van der Waals surface area (Å²) in [6.45, 7) is 0. The Bertz CT molecular complexity index is 692. The highest BCUT2D eigenvalue weighted by molar-refractivity contribution is 9.10. The molecule has 0 saturated heterocycles. The Morgan fingerprint density at radius 3 is 2.50 bits per heavy atom. The number of aromatic hydroxyl groups is 1. The van der Waals surface area contributed by atoms with Crippen molar-refractivity contribution in [3.05, 3.63) is 57.8 Å². The van der Waals surface area contributed by atoms with Crippen molar-refractivity contribution >= 4 is 27.5 Å². The second-order valence-electron chi connectivity index (χ2n) is 3.86. The van der Waals surface area contributed by atoms with Crippen molar-refractivity contribution < 1.29 is 23.1 Å². The number of nitrogens with one attached hydrogen (secondary N) is 1. The molecule has 0 atom stereocenters. The summed E-state index contributed by atoms with van der Waals surface area (Å²) in [4.78, 5) is 11.8. The standard InChI is InChI=1S/C13H7BrF3NO2/c14-8-4-11(10(17)5-9(8)16)18-13(20)7-3-6(15)1-2-12(7)19/h1-5,19H,(H,18,20). The maximum atomic E-state index is 13.5. The van der Waals surface area contributed by atoms with E-state index in [-0.39, 0.29) is 15.7 Å². The second-order valence-corrected chi connectivity index (χ2v) is 4.72. The minimum Gasteiger partial charge on any atom is -0.507 e. The molecule has 0 aliphatic carbocycles. The smallest absolute Gasteiger partial charge is 0.259 e. The number of phenolic OH excluding ortho intramolecular Hbond substituents is 1. The Hall–Kier alpha value is -2.02. The van der Waals surface area contributed by atoms with Crippen LogP contribution in [0.1, 0.15) is 10.4 Å². The van der Waals surface area contributed by atoms with E-state index < -0.39 is 29.1 Å². The number of halogens is 4. The van der Waals surface area contributed by atoms with E-state index in [1.165, 1.54) is 0 Å². The van der Waals surface area contributed by atoms with Crippen LogP contribution in [0, 0.1) is 17.5 Å². The van der Waals surface area contributed by atoms with Crippen LogP contribution in [0.25, 0.3) is 0 Å². The molecule has 0 spiro atoms. The van der Waals surface area contributed by atoms with Crippen LogP contribution in [0.4, 0.5) is 18.9 Å². The predicted octanol–water partition coefficient (Wildman–Crippen LogP) is 3.82. The molecule has 0 unspecified atom stereocenters. The lowest BCUT2D eigenvalue weighted by molar-refractivity contribution is 0.102. The van der Waals surface area contributed by atoms with Crippen molar-refractivity contribution in [1.82, 2.24) is 0 Å². The van der Waals surface area contributed by atoms with Gasteiger partial charge >= 0.3 is 0 Å². The molecule has 0 radical (unpaired) electrons. The van der Waals surface area contributed by atoms with Gasteiger partial charge in [0, 0.05) is 6.07 Å². The van der Waals surface area contributed by atoms with E-state index in [1.54, 1.807) is 0 Å². The molecule has 7 heteroatoms. The maximum Gasteiger partial charge on any atom is 0.259 e. The number of amides is 1. The number of carbonyl (C=O) groups is 1. The van der Waals surface area contributed by atoms with Gasteiger partial charge < -0.3 is 10.4 Å². The minimum atomic E-state index is -0.991. The molecular weight excluding hydrogens is 339 g/mol. The number of hydrogen-bond acceptors (Lipinski definition) is 2. The fourth-order valence-corrected chi connectivity index (χ4v) is 1.84. The van der Waals surface area contributed by atoms with Crippen LogP contribution in [0.5, 0.6) is 5.75 Å². The molecule has 1 amide bonds. The van der Waals surface area contributed by atoms with Crippen LogP contribution < -0.4 is 5.32 Å². The number of benzene rings is 2. The Morgan fingerprint density at radius 1 is 1.10 bits per heavy atom. The van der Waals surface area contributed by atoms with Crippen molar-refractivity contribution in [1.29, 1.82) is 0 Å². The first kappa shape index (κ1) is 14.4. The predicted molar refractivity (Wildman–Crippen MR) is 70.1 cm³/mol. The van der Waals surface area contributed by atoms with Gasteiger partial charge in [-0.25, -0.2) is 13.2 Å². The topological polar surface area (TPSA) is 49.3 Å². The molecule has 0 bridgehead atoms. The van der Waals surface area contributed by atoms with Crippen LogP contribution in [-0.4, -0.2) is 11.0 Å². The summed E-state index contributed by atoms with van der Waals surface area (Å²) >= 11 is 2.85. The Labute approximate surface area is 120 Å². The zero-order valence-corrected chi connectivity index (χ0v) is 11.3. The molecule has 2 N–H and O–H groups in total. The fourth-order valence-electron chi connectivity index (χ4n) is 1.50. The molecule has 0 aliphatic rings. The van der Waals surface area contributed by atoms with Gasteiger partial charge in [0.15, 0.2) is 0 Å². The largest absolute Gasteiger partial charge is 0.507 e. The normalized spacial score (nSPS) is 10.4. The van der Waals surface area contributed by atoms with Gasteiger partial charge in [-0.05, 0) is 40.2 Å². The summed E-state index contributed by atoms with van der Waals surface area (Å²) < 4.78 is 39.5. The number of hydrogen-bond donors (Lipinski definition) is 2. The van der Waals surface area contributed by atoms with Crippen molar-refractivity contribution in [3.63, 3.8) is 0 Å². The minimum absolute atomic E-state index is 0.0438. The molecule has 2 aromatic rings. The van der Waals surface area contributed by atoms with E-state index in [0.717, 1.165) is 24.3 Å². The van der Waals surface area contributed by atoms with Crippen molar-refractivity contribution in [2.75, 3.05) is 5.32 Å². The lowest BCUT2D eigenvalue weighted by atomic mass is 10.1. The Morgan fingerprint density at radius 2 is 1.80 bits per heavy atom. The van der Waals surface area contributed by atoms with E-state index in [4.69, 9.17) is 0 Å². The summed E-state index contributed by atoms with van der Waals surface area (Å²) in [5.41, 5.74) is -0.656. The molecule has 0 heterocycles. The van der Waals surface area contributed by atoms with Crippen molar-refractivity contribution in [2.24, 2.45) is 0 Å². The van der Waals surface area contributed by atoms with Crippen molar-refractivity contribution in [3.8, 4) is 5.75 Å². The fraction of sp³-hybridized carbons (Fsp3) is 0. The monoisotopic (exact) mass is 345 g/mol. The van der Waals surface area contributed by atoms with Gasteiger partial charge in [0.05, 0.1) is 15.7 Å². The summed E-state index contributed by atoms with van der Waals surface area (Å²) in [6, 6.07) is 4.40. The first-order valence-corrected chi connectivity index (χ1v) is 6.12. The van der Waals surface area contributed by atoms with E-state index in [0.29, 0.717) is 6.07 Å². The third kappa shape index (κ3) is 2.93. The molecule has 20 heavy (non-hydrogen) atoms. The molecular formula is C13H7BrF3NO2. The maximum absolute atomic E-state index is 13.5. The van der Waals surface area contributed by atoms with Gasteiger partial charge in [-0.2, -0.15) is 0 Å². The molecule has 2 rings (SSSR count). The summed E-state index contributed by atoms with van der Waals surface area (Å²) in [5.74, 6) is -3.91. The molecule has 0 aromatic heterocycles. The van der Waals surface area contributed by atoms with Gasteiger partial charge in [0.2, 0.25) is 0 Å². The van der Waals surface area contributed by atoms with E-state index in [9.17, 15) is 23.1 Å². The third-order valence-corrected chi connectivity index (χ3v) is 3.07. The van der Waals surface area contributed by atoms with Gasteiger partial charge in [-0.15, -0.1) is 0 Å². The molecule has 3 nitrogen and oxygen atoms in total. The first-order valence-electron chi connectivity index (χ1n) is 5.33. The van der Waals surface area contributed by atoms with E-state index in [1.807, 2.05) is 0 Å². The zero-order valence-electron chi connectivity index (χ0n) is 9.75. The highest BCUT2D eigenvalue weighted by Gasteiger charge is 2.15. The molecule has 0 aliphatic heterocycles. The van der Waals surface area contributed by atoms with E-state index >= 15 is 0 Å². The lowest BCUT2D eigenvalue weighted by Gasteiger charge is -2.09. The first-order chi connectivity index (χ1) is 9.38. The average Bonchev–Trinajstić information content (AvgIpc) is 2.38. The van der Waals surface area contributed by atoms with Crippen LogP contribution in [0.15, 0.2) is 34.8 Å². The van der Waals surface area contributed by atoms with E-state index in [2.05, 4.69) is 21.2 Å². The lowest BCUT2D eigenvalue weighted by Crippen LogP contribution is -2.13. The summed E-state index contributed by atoms with van der Waals surface area (Å²) in [7, 11) is 0. The SMILES string of the molecule is O=C(Nc1cc(Br)c(F)cc1F)c1cc(F)ccc1O. The quantitative estimate of drug-likeness (QED) is 0.813. The Kier molecular flexibility index (Phi) is 3.99. The number of phenols is 1. The summed E-state index contributed by atoms with van der Waals surface area (Å²) in [5, 5.41) is 11.6. The molecule has 2 aromatic carbocycles. The van der Waals surface area contributed by atoms with Crippen LogP contribution in [-0.2, 0) is 0 Å². The number of anilines is 1. The molecule has 0 saturated carbocycles. The Balaban J connectivity index is 2.32. The van der Waals surface area contributed by atoms with Crippen LogP contribution in [0.3, 0.4) is 0 Å². The molecule has 0 fully saturated rings. The second kappa shape index (κ2) is 5.54. The van der Waals surface area contributed by atoms with Gasteiger partial charge in [-0.3, -0.25) is 4.79 Å². The number of carbonyl (C=O) groups excluding carboxylic acids is 1. The zero-order chi connectivity index (χ0) is 14.9. The average molecular weight is 346 g/mol. The highest BCUT2D eigenvalue weighted by atomic mass is 79.9. The van der Waals surface area contributed by atoms with Crippen LogP contribution >= 0.6 is 15.9 Å². The number of rotatable bonds is 2. The molecule has 104 valence electrons. The van der Waals surface area contributed by atoms with Gasteiger partial charge in [0.1, 0.15) is 23.2 Å².